The van der Waals surface area contributed by atoms with E-state index < -0.39 is 0 Å². The maximum atomic E-state index is 8.66. The van der Waals surface area contributed by atoms with Crippen molar-refractivity contribution in [2.24, 2.45) is 0 Å². The summed E-state index contributed by atoms with van der Waals surface area (Å²) in [5.74, 6) is 0. The van der Waals surface area contributed by atoms with Gasteiger partial charge in [-0.05, 0) is 25.0 Å². The van der Waals surface area contributed by atoms with E-state index in [1.165, 1.54) is 0 Å². The normalized spacial score (nSPS) is 9.93. The Hall–Kier alpha value is -2.15. The Morgan fingerprint density at radius 1 is 1.33 bits per heavy atom. The van der Waals surface area contributed by atoms with Crippen LogP contribution in [-0.4, -0.2) is 15.2 Å². The molecule has 0 saturated heterocycles. The summed E-state index contributed by atoms with van der Waals surface area (Å²) in [4.78, 5) is 4.32. The van der Waals surface area contributed by atoms with Crippen LogP contribution in [0.1, 0.15) is 16.8 Å². The fourth-order valence-electron chi connectivity index (χ4n) is 1.50. The third-order valence-corrected chi connectivity index (χ3v) is 2.16. The molecule has 0 unspecified atom stereocenters. The van der Waals surface area contributed by atoms with E-state index in [1.807, 2.05) is 19.9 Å². The molecule has 0 amide bonds. The first kappa shape index (κ1) is 9.41. The second-order valence-corrected chi connectivity index (χ2v) is 3.46. The van der Waals surface area contributed by atoms with E-state index in [-0.39, 0.29) is 0 Å². The number of rotatable bonds is 1. The lowest BCUT2D eigenvalue weighted by Crippen LogP contribution is -1.89. The van der Waals surface area contributed by atoms with Crippen molar-refractivity contribution in [1.29, 1.82) is 5.26 Å². The first-order valence-electron chi connectivity index (χ1n) is 4.60. The molecule has 4 heteroatoms. The second kappa shape index (κ2) is 3.54. The molecule has 1 N–H and O–H groups in total. The van der Waals surface area contributed by atoms with Gasteiger partial charge in [0.15, 0.2) is 5.69 Å². The molecular weight excluding hydrogens is 188 g/mol. The van der Waals surface area contributed by atoms with Crippen molar-refractivity contribution in [2.45, 2.75) is 13.8 Å². The van der Waals surface area contributed by atoms with E-state index in [9.17, 15) is 0 Å². The Kier molecular flexibility index (Phi) is 2.22. The van der Waals surface area contributed by atoms with Crippen LogP contribution >= 0.6 is 0 Å². The van der Waals surface area contributed by atoms with Gasteiger partial charge in [0.1, 0.15) is 6.07 Å². The van der Waals surface area contributed by atoms with Gasteiger partial charge in [-0.3, -0.25) is 10.1 Å². The summed E-state index contributed by atoms with van der Waals surface area (Å²) in [6.07, 6.45) is 1.80. The number of pyridine rings is 1. The van der Waals surface area contributed by atoms with E-state index in [4.69, 9.17) is 5.26 Å². The molecule has 0 aliphatic rings. The van der Waals surface area contributed by atoms with Crippen molar-refractivity contribution < 1.29 is 0 Å². The van der Waals surface area contributed by atoms with Gasteiger partial charge in [-0.25, -0.2) is 0 Å². The van der Waals surface area contributed by atoms with Crippen LogP contribution in [0.3, 0.4) is 0 Å². The lowest BCUT2D eigenvalue weighted by molar-refractivity contribution is 1.06. The fraction of sp³-hybridized carbons (Fsp3) is 0.182. The highest BCUT2D eigenvalue weighted by Gasteiger charge is 2.07. The highest BCUT2D eigenvalue weighted by Crippen LogP contribution is 2.19. The van der Waals surface area contributed by atoms with Crippen LogP contribution in [0.2, 0.25) is 0 Å². The third-order valence-electron chi connectivity index (χ3n) is 2.16. The average molecular weight is 198 g/mol. The van der Waals surface area contributed by atoms with E-state index in [1.54, 1.807) is 12.3 Å². The molecule has 2 rings (SSSR count). The van der Waals surface area contributed by atoms with Gasteiger partial charge in [0.05, 0.1) is 11.4 Å². The highest BCUT2D eigenvalue weighted by atomic mass is 15.1. The Balaban J connectivity index is 2.50. The Morgan fingerprint density at radius 2 is 2.13 bits per heavy atom. The number of nitriles is 1. The second-order valence-electron chi connectivity index (χ2n) is 3.46. The molecule has 0 radical (unpaired) electrons. The van der Waals surface area contributed by atoms with Gasteiger partial charge in [0.25, 0.3) is 0 Å². The van der Waals surface area contributed by atoms with Gasteiger partial charge in [-0.15, -0.1) is 0 Å². The minimum absolute atomic E-state index is 0.381. The molecule has 0 atom stereocenters. The molecule has 0 saturated carbocycles. The summed E-state index contributed by atoms with van der Waals surface area (Å²) < 4.78 is 0. The number of hydrogen-bond acceptors (Lipinski definition) is 3. The van der Waals surface area contributed by atoms with Crippen LogP contribution in [0, 0.1) is 25.2 Å². The lowest BCUT2D eigenvalue weighted by Gasteiger charge is -2.02. The standard InChI is InChI=1S/C11H10N4/c1-7-3-8(2)11(13-6-7)10-4-9(5-12)14-15-10/h3-4,6H,1-2H3,(H,14,15). The smallest absolute Gasteiger partial charge is 0.162 e. The first-order chi connectivity index (χ1) is 7.20. The average Bonchev–Trinajstić information content (AvgIpc) is 2.66. The predicted octanol–water partition coefficient (Wildman–Crippen LogP) is 1.96. The summed E-state index contributed by atoms with van der Waals surface area (Å²) in [6, 6.07) is 5.73. The summed E-state index contributed by atoms with van der Waals surface area (Å²) in [5, 5.41) is 15.3. The van der Waals surface area contributed by atoms with Crippen molar-refractivity contribution in [1.82, 2.24) is 15.2 Å². The maximum Gasteiger partial charge on any atom is 0.162 e. The lowest BCUT2D eigenvalue weighted by atomic mass is 10.1. The summed E-state index contributed by atoms with van der Waals surface area (Å²) in [7, 11) is 0. The van der Waals surface area contributed by atoms with Gasteiger partial charge in [0, 0.05) is 12.3 Å². The monoisotopic (exact) mass is 198 g/mol. The van der Waals surface area contributed by atoms with Gasteiger partial charge < -0.3 is 0 Å². The van der Waals surface area contributed by atoms with Gasteiger partial charge in [-0.2, -0.15) is 10.4 Å². The maximum absolute atomic E-state index is 8.66. The van der Waals surface area contributed by atoms with Crippen LogP contribution in [0.4, 0.5) is 0 Å². The number of hydrogen-bond donors (Lipinski definition) is 1. The SMILES string of the molecule is Cc1cnc(-c2cc(C#N)n[nH]2)c(C)c1. The summed E-state index contributed by atoms with van der Waals surface area (Å²) in [6.45, 7) is 3.99. The van der Waals surface area contributed by atoms with Gasteiger partial charge in [0.2, 0.25) is 0 Å². The number of nitrogens with zero attached hydrogens (tertiary/aromatic N) is 3. The molecule has 0 bridgehead atoms. The van der Waals surface area contributed by atoms with Gasteiger partial charge >= 0.3 is 0 Å². The third kappa shape index (κ3) is 1.72. The molecule has 0 spiro atoms. The molecule has 0 aliphatic carbocycles. The number of aromatic amines is 1. The number of nitrogens with one attached hydrogen (secondary N) is 1. The largest absolute Gasteiger partial charge is 0.275 e. The highest BCUT2D eigenvalue weighted by molar-refractivity contribution is 5.59. The van der Waals surface area contributed by atoms with E-state index in [0.717, 1.165) is 22.5 Å². The molecule has 2 heterocycles. The number of H-pyrrole nitrogens is 1. The summed E-state index contributed by atoms with van der Waals surface area (Å²) in [5.41, 5.74) is 4.20. The Morgan fingerprint density at radius 3 is 2.73 bits per heavy atom. The van der Waals surface area contributed by atoms with Crippen molar-refractivity contribution in [3.8, 4) is 17.5 Å². The number of aromatic nitrogens is 3. The van der Waals surface area contributed by atoms with Crippen LogP contribution in [0.5, 0.6) is 0 Å². The van der Waals surface area contributed by atoms with Crippen LogP contribution in [-0.2, 0) is 0 Å². The molecule has 0 fully saturated rings. The van der Waals surface area contributed by atoms with E-state index in [2.05, 4.69) is 21.2 Å². The zero-order valence-electron chi connectivity index (χ0n) is 8.57. The van der Waals surface area contributed by atoms with Crippen LogP contribution in [0.25, 0.3) is 11.4 Å². The first-order valence-corrected chi connectivity index (χ1v) is 4.60. The fourth-order valence-corrected chi connectivity index (χ4v) is 1.50. The Bertz CT molecular complexity index is 534. The van der Waals surface area contributed by atoms with Gasteiger partial charge in [-0.1, -0.05) is 6.07 Å². The zero-order valence-corrected chi connectivity index (χ0v) is 8.57. The quantitative estimate of drug-likeness (QED) is 0.761. The van der Waals surface area contributed by atoms with E-state index in [0.29, 0.717) is 5.69 Å². The summed E-state index contributed by atoms with van der Waals surface area (Å²) >= 11 is 0. The minimum Gasteiger partial charge on any atom is -0.275 e. The van der Waals surface area contributed by atoms with Crippen molar-refractivity contribution in [3.05, 3.63) is 35.2 Å². The van der Waals surface area contributed by atoms with Crippen molar-refractivity contribution in [3.63, 3.8) is 0 Å². The van der Waals surface area contributed by atoms with Crippen molar-refractivity contribution in [2.75, 3.05) is 0 Å². The van der Waals surface area contributed by atoms with Crippen LogP contribution in [0.15, 0.2) is 18.3 Å². The molecule has 0 aromatic carbocycles. The molecule has 4 nitrogen and oxygen atoms in total. The Labute approximate surface area is 87.6 Å². The topological polar surface area (TPSA) is 65.4 Å². The number of aryl methyl sites for hydroxylation is 2. The van der Waals surface area contributed by atoms with Crippen LogP contribution < -0.4 is 0 Å². The van der Waals surface area contributed by atoms with E-state index >= 15 is 0 Å². The molecule has 0 aliphatic heterocycles. The zero-order chi connectivity index (χ0) is 10.8. The molecule has 74 valence electrons. The molecule has 15 heavy (non-hydrogen) atoms. The van der Waals surface area contributed by atoms with Crippen molar-refractivity contribution >= 4 is 0 Å². The molecule has 2 aromatic heterocycles. The predicted molar refractivity (Wildman–Crippen MR) is 56.0 cm³/mol. The molecule has 2 aromatic rings. The molecular formula is C11H10N4. The minimum atomic E-state index is 0.381.